The topological polar surface area (TPSA) is 93.5 Å². The van der Waals surface area contributed by atoms with Crippen molar-refractivity contribution in [1.29, 1.82) is 0 Å². The maximum atomic E-state index is 12.5. The van der Waals surface area contributed by atoms with E-state index in [4.69, 9.17) is 10.5 Å². The fourth-order valence-corrected chi connectivity index (χ4v) is 2.86. The van der Waals surface area contributed by atoms with Crippen molar-refractivity contribution in [3.63, 3.8) is 0 Å². The Morgan fingerprint density at radius 1 is 1.16 bits per heavy atom. The van der Waals surface area contributed by atoms with Crippen LogP contribution in [0.3, 0.4) is 0 Å². The molecule has 1 atom stereocenters. The highest BCUT2D eigenvalue weighted by atomic mass is 35.5. The molecule has 0 spiro atoms. The van der Waals surface area contributed by atoms with Crippen LogP contribution in [0.1, 0.15) is 39.5 Å². The van der Waals surface area contributed by atoms with Crippen molar-refractivity contribution < 1.29 is 14.3 Å². The number of carbonyl (C=O) groups excluding carboxylic acids is 2. The highest BCUT2D eigenvalue weighted by molar-refractivity contribution is 5.97. The van der Waals surface area contributed by atoms with Crippen molar-refractivity contribution in [2.24, 2.45) is 11.1 Å². The molecule has 6 nitrogen and oxygen atoms in total. The molecule has 1 aromatic rings. The Hall–Kier alpha value is -1.63. The SMILES string of the molecule is CCC(CC)(CN)C(=O)Nc1ccc(NC(=O)C2CCCO2)cc1.Cl. The van der Waals surface area contributed by atoms with E-state index in [2.05, 4.69) is 10.6 Å². The molecule has 0 aliphatic carbocycles. The molecule has 1 saturated heterocycles. The average Bonchev–Trinajstić information content (AvgIpc) is 3.13. The van der Waals surface area contributed by atoms with Gasteiger partial charge in [-0.1, -0.05) is 13.8 Å². The van der Waals surface area contributed by atoms with Gasteiger partial charge in [-0.05, 0) is 49.9 Å². The third-order valence-electron chi connectivity index (χ3n) is 4.86. The molecule has 0 aromatic heterocycles. The summed E-state index contributed by atoms with van der Waals surface area (Å²) in [5.74, 6) is -0.186. The van der Waals surface area contributed by atoms with Gasteiger partial charge in [-0.15, -0.1) is 12.4 Å². The van der Waals surface area contributed by atoms with E-state index >= 15 is 0 Å². The second-order valence-electron chi connectivity index (χ2n) is 6.21. The number of carbonyl (C=O) groups is 2. The van der Waals surface area contributed by atoms with Crippen LogP contribution in [0.4, 0.5) is 11.4 Å². The average molecular weight is 370 g/mol. The number of hydrogen-bond acceptors (Lipinski definition) is 4. The van der Waals surface area contributed by atoms with Crippen molar-refractivity contribution in [2.45, 2.75) is 45.6 Å². The largest absolute Gasteiger partial charge is 0.368 e. The number of rotatable bonds is 7. The molecule has 1 aliphatic heterocycles. The Labute approximate surface area is 155 Å². The molecule has 2 rings (SSSR count). The molecule has 2 amide bonds. The zero-order valence-corrected chi connectivity index (χ0v) is 15.7. The van der Waals surface area contributed by atoms with Gasteiger partial charge in [0.25, 0.3) is 5.91 Å². The van der Waals surface area contributed by atoms with Crippen molar-refractivity contribution in [1.82, 2.24) is 0 Å². The van der Waals surface area contributed by atoms with E-state index in [1.54, 1.807) is 24.3 Å². The monoisotopic (exact) mass is 369 g/mol. The summed E-state index contributed by atoms with van der Waals surface area (Å²) in [4.78, 5) is 24.5. The second-order valence-corrected chi connectivity index (χ2v) is 6.21. The molecular formula is C18H28ClN3O3. The van der Waals surface area contributed by atoms with Crippen LogP contribution in [0.5, 0.6) is 0 Å². The van der Waals surface area contributed by atoms with Crippen LogP contribution in [0.25, 0.3) is 0 Å². The van der Waals surface area contributed by atoms with Gasteiger partial charge in [-0.2, -0.15) is 0 Å². The molecule has 7 heteroatoms. The third-order valence-corrected chi connectivity index (χ3v) is 4.86. The Balaban J connectivity index is 0.00000312. The Bertz CT molecular complexity index is 559. The van der Waals surface area contributed by atoms with Crippen molar-refractivity contribution in [3.8, 4) is 0 Å². The van der Waals surface area contributed by atoms with Crippen LogP contribution >= 0.6 is 12.4 Å². The first-order valence-electron chi connectivity index (χ1n) is 8.58. The van der Waals surface area contributed by atoms with Crippen LogP contribution in [0, 0.1) is 5.41 Å². The normalized spacial score (nSPS) is 16.8. The van der Waals surface area contributed by atoms with Gasteiger partial charge in [0.05, 0.1) is 5.41 Å². The smallest absolute Gasteiger partial charge is 0.253 e. The summed E-state index contributed by atoms with van der Waals surface area (Å²) < 4.78 is 5.36. The first-order valence-corrected chi connectivity index (χ1v) is 8.58. The van der Waals surface area contributed by atoms with Crippen LogP contribution in [-0.2, 0) is 14.3 Å². The molecule has 0 saturated carbocycles. The van der Waals surface area contributed by atoms with E-state index in [1.807, 2.05) is 13.8 Å². The molecule has 0 bridgehead atoms. The summed E-state index contributed by atoms with van der Waals surface area (Å²) in [6, 6.07) is 7.08. The number of hydrogen-bond donors (Lipinski definition) is 3. The Kier molecular flexibility index (Phi) is 8.35. The molecule has 1 heterocycles. The number of ether oxygens (including phenoxy) is 1. The molecule has 4 N–H and O–H groups in total. The summed E-state index contributed by atoms with van der Waals surface area (Å²) >= 11 is 0. The zero-order chi connectivity index (χ0) is 17.6. The summed E-state index contributed by atoms with van der Waals surface area (Å²) in [6.45, 7) is 4.90. The van der Waals surface area contributed by atoms with Gasteiger partial charge in [-0.3, -0.25) is 9.59 Å². The maximum absolute atomic E-state index is 12.5. The molecule has 1 unspecified atom stereocenters. The van der Waals surface area contributed by atoms with Crippen molar-refractivity contribution >= 4 is 35.6 Å². The van der Waals surface area contributed by atoms with E-state index in [-0.39, 0.29) is 30.3 Å². The highest BCUT2D eigenvalue weighted by Gasteiger charge is 2.33. The predicted octanol–water partition coefficient (Wildman–Crippen LogP) is 2.93. The van der Waals surface area contributed by atoms with Crippen LogP contribution in [-0.4, -0.2) is 31.1 Å². The summed E-state index contributed by atoms with van der Waals surface area (Å²) in [5.41, 5.74) is 6.64. The van der Waals surface area contributed by atoms with E-state index in [0.29, 0.717) is 37.4 Å². The van der Waals surface area contributed by atoms with E-state index in [0.717, 1.165) is 12.8 Å². The second kappa shape index (κ2) is 9.75. The molecule has 1 fully saturated rings. The van der Waals surface area contributed by atoms with E-state index in [9.17, 15) is 9.59 Å². The summed E-state index contributed by atoms with van der Waals surface area (Å²) in [6.07, 6.45) is 2.71. The standard InChI is InChI=1S/C18H27N3O3.ClH/c1-3-18(4-2,12-19)17(23)21-14-9-7-13(8-10-14)20-16(22)15-6-5-11-24-15;/h7-10,15H,3-6,11-12,19H2,1-2H3,(H,20,22)(H,21,23);1H. The Morgan fingerprint density at radius 2 is 1.72 bits per heavy atom. The molecule has 1 aliphatic rings. The third kappa shape index (κ3) is 5.17. The Morgan fingerprint density at radius 3 is 2.16 bits per heavy atom. The van der Waals surface area contributed by atoms with E-state index < -0.39 is 5.41 Å². The zero-order valence-electron chi connectivity index (χ0n) is 14.8. The fraction of sp³-hybridized carbons (Fsp3) is 0.556. The summed E-state index contributed by atoms with van der Waals surface area (Å²) in [7, 11) is 0. The van der Waals surface area contributed by atoms with Gasteiger partial charge in [0.15, 0.2) is 0 Å². The van der Waals surface area contributed by atoms with Crippen LogP contribution in [0.2, 0.25) is 0 Å². The van der Waals surface area contributed by atoms with Crippen LogP contribution < -0.4 is 16.4 Å². The summed E-state index contributed by atoms with van der Waals surface area (Å²) in [5, 5.41) is 5.75. The maximum Gasteiger partial charge on any atom is 0.253 e. The van der Waals surface area contributed by atoms with Gasteiger partial charge in [0.1, 0.15) is 6.10 Å². The molecule has 0 radical (unpaired) electrons. The van der Waals surface area contributed by atoms with Gasteiger partial charge in [-0.25, -0.2) is 0 Å². The van der Waals surface area contributed by atoms with Crippen molar-refractivity contribution in [3.05, 3.63) is 24.3 Å². The van der Waals surface area contributed by atoms with Gasteiger partial charge in [0, 0.05) is 24.5 Å². The lowest BCUT2D eigenvalue weighted by Crippen LogP contribution is -2.41. The highest BCUT2D eigenvalue weighted by Crippen LogP contribution is 2.27. The number of amides is 2. The number of anilines is 2. The number of benzene rings is 1. The molecule has 1 aromatic carbocycles. The minimum atomic E-state index is -0.535. The lowest BCUT2D eigenvalue weighted by atomic mass is 9.81. The molecular weight excluding hydrogens is 342 g/mol. The quantitative estimate of drug-likeness (QED) is 0.688. The predicted molar refractivity (Wildman–Crippen MR) is 102 cm³/mol. The first-order chi connectivity index (χ1) is 11.5. The van der Waals surface area contributed by atoms with Gasteiger partial charge < -0.3 is 21.1 Å². The number of halogens is 1. The minimum absolute atomic E-state index is 0. The van der Waals surface area contributed by atoms with Gasteiger partial charge >= 0.3 is 0 Å². The van der Waals surface area contributed by atoms with Gasteiger partial charge in [0.2, 0.25) is 5.91 Å². The lowest BCUT2D eigenvalue weighted by Gasteiger charge is -2.28. The molecule has 25 heavy (non-hydrogen) atoms. The fourth-order valence-electron chi connectivity index (χ4n) is 2.86. The molecule has 140 valence electrons. The number of nitrogens with one attached hydrogen (secondary N) is 2. The van der Waals surface area contributed by atoms with E-state index in [1.165, 1.54) is 0 Å². The van der Waals surface area contributed by atoms with Crippen molar-refractivity contribution in [2.75, 3.05) is 23.8 Å². The minimum Gasteiger partial charge on any atom is -0.368 e. The van der Waals surface area contributed by atoms with Crippen LogP contribution in [0.15, 0.2) is 24.3 Å². The lowest BCUT2D eigenvalue weighted by molar-refractivity contribution is -0.126. The first kappa shape index (κ1) is 21.4. The number of nitrogens with two attached hydrogens (primary N) is 1.